The van der Waals surface area contributed by atoms with Gasteiger partial charge in [-0.15, -0.1) is 0 Å². The highest BCUT2D eigenvalue weighted by Gasteiger charge is 2.17. The Morgan fingerprint density at radius 1 is 1.38 bits per heavy atom. The molecule has 0 saturated heterocycles. The van der Waals surface area contributed by atoms with Gasteiger partial charge < -0.3 is 15.4 Å². The number of fused-ring (bicyclic) bond motifs is 1. The number of aryl methyl sites for hydroxylation is 1. The maximum atomic E-state index is 11.4. The summed E-state index contributed by atoms with van der Waals surface area (Å²) in [6.45, 7) is 4.12. The minimum atomic E-state index is -0.122. The minimum Gasteiger partial charge on any atom is -0.482 e. The van der Waals surface area contributed by atoms with E-state index in [1.165, 1.54) is 0 Å². The van der Waals surface area contributed by atoms with E-state index in [9.17, 15) is 4.79 Å². The van der Waals surface area contributed by atoms with Gasteiger partial charge in [0.15, 0.2) is 6.61 Å². The van der Waals surface area contributed by atoms with Crippen molar-refractivity contribution in [2.45, 2.75) is 19.9 Å². The van der Waals surface area contributed by atoms with Crippen molar-refractivity contribution in [2.24, 2.45) is 0 Å². The zero-order valence-corrected chi connectivity index (χ0v) is 12.0. The van der Waals surface area contributed by atoms with Crippen LogP contribution in [0.3, 0.4) is 0 Å². The van der Waals surface area contributed by atoms with Crippen LogP contribution in [0.4, 0.5) is 11.4 Å². The molecule has 1 amide bonds. The molecule has 2 N–H and O–H groups in total. The number of carbonyl (C=O) groups is 1. The highest BCUT2D eigenvalue weighted by molar-refractivity contribution is 5.95. The van der Waals surface area contributed by atoms with Gasteiger partial charge in [-0.2, -0.15) is 0 Å². The SMILES string of the molecule is Cc1ncccc1NC(C)c1ccc2c(c1)NC(=O)CO2. The number of ether oxygens (including phenoxy) is 1. The summed E-state index contributed by atoms with van der Waals surface area (Å²) in [5.74, 6) is 0.589. The van der Waals surface area contributed by atoms with Crippen LogP contribution in [0, 0.1) is 6.92 Å². The van der Waals surface area contributed by atoms with E-state index in [0.717, 1.165) is 22.6 Å². The third kappa shape index (κ3) is 2.81. The lowest BCUT2D eigenvalue weighted by atomic mass is 10.1. The average molecular weight is 283 g/mol. The molecule has 5 heteroatoms. The van der Waals surface area contributed by atoms with E-state index in [1.807, 2.05) is 37.3 Å². The van der Waals surface area contributed by atoms with E-state index in [0.29, 0.717) is 5.75 Å². The van der Waals surface area contributed by atoms with E-state index >= 15 is 0 Å². The number of pyridine rings is 1. The molecule has 0 fully saturated rings. The number of aromatic nitrogens is 1. The van der Waals surface area contributed by atoms with E-state index < -0.39 is 0 Å². The molecule has 1 aromatic carbocycles. The molecule has 1 aliphatic heterocycles. The number of carbonyl (C=O) groups excluding carboxylic acids is 1. The highest BCUT2D eigenvalue weighted by atomic mass is 16.5. The van der Waals surface area contributed by atoms with Crippen LogP contribution in [0.25, 0.3) is 0 Å². The van der Waals surface area contributed by atoms with Crippen LogP contribution >= 0.6 is 0 Å². The Balaban J connectivity index is 1.82. The van der Waals surface area contributed by atoms with Crippen LogP contribution in [-0.4, -0.2) is 17.5 Å². The third-order valence-corrected chi connectivity index (χ3v) is 3.52. The van der Waals surface area contributed by atoms with Gasteiger partial charge in [0.25, 0.3) is 5.91 Å². The number of nitrogens with one attached hydrogen (secondary N) is 2. The predicted molar refractivity (Wildman–Crippen MR) is 81.6 cm³/mol. The number of amides is 1. The topological polar surface area (TPSA) is 63.2 Å². The number of nitrogens with zero attached hydrogens (tertiary/aromatic N) is 1. The first kappa shape index (κ1) is 13.4. The fourth-order valence-corrected chi connectivity index (χ4v) is 2.32. The van der Waals surface area contributed by atoms with Gasteiger partial charge in [0.2, 0.25) is 0 Å². The molecule has 1 unspecified atom stereocenters. The van der Waals surface area contributed by atoms with Crippen LogP contribution in [-0.2, 0) is 4.79 Å². The molecule has 0 spiro atoms. The molecule has 0 aliphatic carbocycles. The van der Waals surface area contributed by atoms with Crippen LogP contribution in [0.1, 0.15) is 24.2 Å². The van der Waals surface area contributed by atoms with E-state index in [4.69, 9.17) is 4.74 Å². The zero-order valence-electron chi connectivity index (χ0n) is 12.0. The fraction of sp³-hybridized carbons (Fsp3) is 0.250. The molecule has 1 aliphatic rings. The van der Waals surface area contributed by atoms with Crippen LogP contribution in [0.5, 0.6) is 5.75 Å². The number of benzene rings is 1. The van der Waals surface area contributed by atoms with Crippen molar-refractivity contribution in [3.63, 3.8) is 0 Å². The van der Waals surface area contributed by atoms with Gasteiger partial charge in [-0.25, -0.2) is 0 Å². The Bertz CT molecular complexity index is 685. The number of rotatable bonds is 3. The quantitative estimate of drug-likeness (QED) is 0.909. The molecule has 5 nitrogen and oxygen atoms in total. The van der Waals surface area contributed by atoms with Crippen molar-refractivity contribution in [1.82, 2.24) is 4.98 Å². The predicted octanol–water partition coefficient (Wildman–Crippen LogP) is 2.89. The van der Waals surface area contributed by atoms with Gasteiger partial charge in [-0.3, -0.25) is 9.78 Å². The van der Waals surface area contributed by atoms with Crippen molar-refractivity contribution >= 4 is 17.3 Å². The number of hydrogen-bond acceptors (Lipinski definition) is 4. The van der Waals surface area contributed by atoms with Crippen molar-refractivity contribution in [3.05, 3.63) is 47.8 Å². The molecule has 2 heterocycles. The van der Waals surface area contributed by atoms with E-state index in [2.05, 4.69) is 22.5 Å². The Hall–Kier alpha value is -2.56. The molecule has 3 rings (SSSR count). The van der Waals surface area contributed by atoms with Crippen LogP contribution in [0.15, 0.2) is 36.5 Å². The zero-order chi connectivity index (χ0) is 14.8. The first-order chi connectivity index (χ1) is 10.1. The van der Waals surface area contributed by atoms with E-state index in [-0.39, 0.29) is 18.6 Å². The fourth-order valence-electron chi connectivity index (χ4n) is 2.32. The maximum Gasteiger partial charge on any atom is 0.262 e. The molecular weight excluding hydrogens is 266 g/mol. The first-order valence-corrected chi connectivity index (χ1v) is 6.88. The number of hydrogen-bond donors (Lipinski definition) is 2. The van der Waals surface area contributed by atoms with E-state index in [1.54, 1.807) is 6.20 Å². The van der Waals surface area contributed by atoms with Crippen molar-refractivity contribution in [1.29, 1.82) is 0 Å². The van der Waals surface area contributed by atoms with Gasteiger partial charge in [0.05, 0.1) is 17.1 Å². The first-order valence-electron chi connectivity index (χ1n) is 6.88. The third-order valence-electron chi connectivity index (χ3n) is 3.52. The summed E-state index contributed by atoms with van der Waals surface area (Å²) in [6.07, 6.45) is 1.77. The number of anilines is 2. The Labute approximate surface area is 123 Å². The second-order valence-electron chi connectivity index (χ2n) is 5.09. The molecule has 1 aromatic heterocycles. The highest BCUT2D eigenvalue weighted by Crippen LogP contribution is 2.31. The van der Waals surface area contributed by atoms with Gasteiger partial charge in [-0.05, 0) is 43.7 Å². The second kappa shape index (κ2) is 5.44. The average Bonchev–Trinajstić information content (AvgIpc) is 2.48. The second-order valence-corrected chi connectivity index (χ2v) is 5.09. The summed E-state index contributed by atoms with van der Waals surface area (Å²) < 4.78 is 5.37. The lowest BCUT2D eigenvalue weighted by molar-refractivity contribution is -0.118. The summed E-state index contributed by atoms with van der Waals surface area (Å²) in [7, 11) is 0. The van der Waals surface area contributed by atoms with Crippen molar-refractivity contribution in [3.8, 4) is 5.75 Å². The molecular formula is C16H17N3O2. The summed E-state index contributed by atoms with van der Waals surface area (Å²) in [6, 6.07) is 9.83. The van der Waals surface area contributed by atoms with Gasteiger partial charge in [0.1, 0.15) is 5.75 Å². The lowest BCUT2D eigenvalue weighted by Crippen LogP contribution is -2.25. The standard InChI is InChI=1S/C16H17N3O2/c1-10(18-13-4-3-7-17-11(13)2)12-5-6-15-14(8-12)19-16(20)9-21-15/h3-8,10,18H,9H2,1-2H3,(H,19,20). The van der Waals surface area contributed by atoms with Crippen molar-refractivity contribution < 1.29 is 9.53 Å². The van der Waals surface area contributed by atoms with Gasteiger partial charge in [-0.1, -0.05) is 6.07 Å². The Morgan fingerprint density at radius 3 is 3.05 bits per heavy atom. The summed E-state index contributed by atoms with van der Waals surface area (Å²) in [4.78, 5) is 15.6. The molecule has 0 bridgehead atoms. The smallest absolute Gasteiger partial charge is 0.262 e. The lowest BCUT2D eigenvalue weighted by Gasteiger charge is -2.21. The van der Waals surface area contributed by atoms with Crippen LogP contribution in [0.2, 0.25) is 0 Å². The Kier molecular flexibility index (Phi) is 3.48. The summed E-state index contributed by atoms with van der Waals surface area (Å²) >= 11 is 0. The van der Waals surface area contributed by atoms with Crippen molar-refractivity contribution in [2.75, 3.05) is 17.2 Å². The summed E-state index contributed by atoms with van der Waals surface area (Å²) in [5, 5.41) is 6.25. The maximum absolute atomic E-state index is 11.4. The monoisotopic (exact) mass is 283 g/mol. The molecule has 108 valence electrons. The molecule has 0 radical (unpaired) electrons. The van der Waals surface area contributed by atoms with Gasteiger partial charge >= 0.3 is 0 Å². The normalized spacial score (nSPS) is 14.7. The van der Waals surface area contributed by atoms with Crippen LogP contribution < -0.4 is 15.4 Å². The summed E-state index contributed by atoms with van der Waals surface area (Å²) in [5.41, 5.74) is 3.75. The molecule has 2 aromatic rings. The van der Waals surface area contributed by atoms with Gasteiger partial charge in [0, 0.05) is 12.2 Å². The largest absolute Gasteiger partial charge is 0.482 e. The molecule has 21 heavy (non-hydrogen) atoms. The Morgan fingerprint density at radius 2 is 2.24 bits per heavy atom. The molecule has 1 atom stereocenters. The minimum absolute atomic E-state index is 0.0784. The molecule has 0 saturated carbocycles.